The quantitative estimate of drug-likeness (QED) is 0.447. The smallest absolute Gasteiger partial charge is 0.0266 e. The van der Waals surface area contributed by atoms with Gasteiger partial charge in [-0.2, -0.15) is 0 Å². The van der Waals surface area contributed by atoms with Gasteiger partial charge in [0.2, 0.25) is 0 Å². The van der Waals surface area contributed by atoms with Gasteiger partial charge in [-0.3, -0.25) is 0 Å². The van der Waals surface area contributed by atoms with Crippen LogP contribution in [-0.2, 0) is 0 Å². The molecule has 0 heteroatoms. The van der Waals surface area contributed by atoms with Gasteiger partial charge in [-0.1, -0.05) is 31.4 Å². The summed E-state index contributed by atoms with van der Waals surface area (Å²) < 4.78 is 0. The lowest BCUT2D eigenvalue weighted by Gasteiger charge is -2.58. The zero-order chi connectivity index (χ0) is 18.7. The highest BCUT2D eigenvalue weighted by Gasteiger charge is 2.55. The molecule has 0 radical (unpaired) electrons. The van der Waals surface area contributed by atoms with Crippen molar-refractivity contribution in [1.29, 1.82) is 0 Å². The predicted octanol–water partition coefficient (Wildman–Crippen LogP) is 8.19. The molecule has 0 aromatic rings. The summed E-state index contributed by atoms with van der Waals surface area (Å²) in [5.41, 5.74) is 1.89. The lowest BCUT2D eigenvalue weighted by molar-refractivity contribution is -0.0870. The highest BCUT2D eigenvalue weighted by atomic mass is 14.6. The molecule has 0 aromatic heterocycles. The van der Waals surface area contributed by atoms with Crippen molar-refractivity contribution in [2.45, 2.75) is 97.8 Å². The van der Waals surface area contributed by atoms with Crippen molar-refractivity contribution in [1.82, 2.24) is 0 Å². The third kappa shape index (κ3) is 4.00. The minimum absolute atomic E-state index is 0.728. The van der Waals surface area contributed by atoms with E-state index in [9.17, 15) is 0 Å². The molecule has 0 heterocycles. The normalized spacial score (nSPS) is 44.0. The highest BCUT2D eigenvalue weighted by Crippen LogP contribution is 2.64. The second-order valence-corrected chi connectivity index (χ2v) is 10.6. The van der Waals surface area contributed by atoms with Crippen LogP contribution in [0.15, 0.2) is 24.8 Å². The zero-order valence-corrected chi connectivity index (χ0v) is 17.9. The SMILES string of the molecule is C=C(C)C.C=CCCC1CCC2C1CCC1C2CCC2CCCCC21C. The maximum absolute atomic E-state index is 3.95. The molecule has 148 valence electrons. The summed E-state index contributed by atoms with van der Waals surface area (Å²) >= 11 is 0. The van der Waals surface area contributed by atoms with Gasteiger partial charge >= 0.3 is 0 Å². The van der Waals surface area contributed by atoms with Crippen molar-refractivity contribution in [3.05, 3.63) is 24.8 Å². The number of hydrogen-bond acceptors (Lipinski definition) is 0. The molecule has 4 fully saturated rings. The van der Waals surface area contributed by atoms with E-state index in [-0.39, 0.29) is 0 Å². The predicted molar refractivity (Wildman–Crippen MR) is 115 cm³/mol. The summed E-state index contributed by atoms with van der Waals surface area (Å²) in [5.74, 6) is 6.51. The van der Waals surface area contributed by atoms with Crippen molar-refractivity contribution in [3.63, 3.8) is 0 Å². The molecule has 26 heavy (non-hydrogen) atoms. The van der Waals surface area contributed by atoms with Gasteiger partial charge in [0.05, 0.1) is 0 Å². The molecule has 7 atom stereocenters. The Hall–Kier alpha value is -0.520. The summed E-state index contributed by atoms with van der Waals surface area (Å²) in [6, 6.07) is 0. The van der Waals surface area contributed by atoms with Crippen molar-refractivity contribution in [2.24, 2.45) is 40.9 Å². The van der Waals surface area contributed by atoms with Crippen LogP contribution in [0.25, 0.3) is 0 Å². The summed E-state index contributed by atoms with van der Waals surface area (Å²) in [5, 5.41) is 0. The van der Waals surface area contributed by atoms with Crippen molar-refractivity contribution >= 4 is 0 Å². The number of hydrogen-bond donors (Lipinski definition) is 0. The van der Waals surface area contributed by atoms with Crippen LogP contribution in [0.2, 0.25) is 0 Å². The van der Waals surface area contributed by atoms with Crippen LogP contribution in [0, 0.1) is 40.9 Å². The Morgan fingerprint density at radius 2 is 1.62 bits per heavy atom. The second kappa shape index (κ2) is 8.66. The van der Waals surface area contributed by atoms with Gasteiger partial charge in [0, 0.05) is 0 Å². The van der Waals surface area contributed by atoms with Crippen molar-refractivity contribution in [3.8, 4) is 0 Å². The average molecular weight is 357 g/mol. The van der Waals surface area contributed by atoms with E-state index in [0.717, 1.165) is 40.9 Å². The third-order valence-electron chi connectivity index (χ3n) is 8.79. The standard InChI is InChI=1S/C22H36.C4H8/c1-3-4-7-16-9-11-19-18(16)13-14-21-20(19)12-10-17-8-5-6-15-22(17,21)2;1-4(2)3/h3,16-21H,1,4-15H2,2H3;1H2,2-3H3. The third-order valence-corrected chi connectivity index (χ3v) is 8.79. The largest absolute Gasteiger partial charge is 0.103 e. The summed E-state index contributed by atoms with van der Waals surface area (Å²) in [4.78, 5) is 0. The average Bonchev–Trinajstić information content (AvgIpc) is 3.02. The topological polar surface area (TPSA) is 0 Å². The van der Waals surface area contributed by atoms with Crippen molar-refractivity contribution < 1.29 is 0 Å². The van der Waals surface area contributed by atoms with Gasteiger partial charge in [-0.15, -0.1) is 13.2 Å². The molecule has 0 nitrogen and oxygen atoms in total. The monoisotopic (exact) mass is 356 g/mol. The number of fused-ring (bicyclic) bond motifs is 5. The molecule has 0 saturated heterocycles. The number of allylic oxidation sites excluding steroid dienone is 2. The molecule has 0 amide bonds. The Morgan fingerprint density at radius 3 is 2.35 bits per heavy atom. The summed E-state index contributed by atoms with van der Waals surface area (Å²) in [6.07, 6.45) is 20.4. The van der Waals surface area contributed by atoms with Crippen LogP contribution in [-0.4, -0.2) is 0 Å². The van der Waals surface area contributed by atoms with Gasteiger partial charge in [-0.25, -0.2) is 0 Å². The molecule has 0 aromatic carbocycles. The maximum Gasteiger partial charge on any atom is -0.0266 e. The molecule has 4 saturated carbocycles. The highest BCUT2D eigenvalue weighted by molar-refractivity contribution is 5.04. The van der Waals surface area contributed by atoms with E-state index < -0.39 is 0 Å². The Kier molecular flexibility index (Phi) is 6.73. The van der Waals surface area contributed by atoms with Crippen LogP contribution >= 0.6 is 0 Å². The second-order valence-electron chi connectivity index (χ2n) is 10.6. The van der Waals surface area contributed by atoms with Crippen LogP contribution in [0.1, 0.15) is 97.8 Å². The van der Waals surface area contributed by atoms with Gasteiger partial charge in [0.15, 0.2) is 0 Å². The molecule has 4 aliphatic carbocycles. The molecular formula is C26H44. The van der Waals surface area contributed by atoms with Gasteiger partial charge in [0.1, 0.15) is 0 Å². The van der Waals surface area contributed by atoms with E-state index in [4.69, 9.17) is 0 Å². The lowest BCUT2D eigenvalue weighted by Crippen LogP contribution is -2.50. The minimum Gasteiger partial charge on any atom is -0.103 e. The molecule has 0 N–H and O–H groups in total. The van der Waals surface area contributed by atoms with E-state index in [2.05, 4.69) is 26.2 Å². The first-order chi connectivity index (χ1) is 12.5. The zero-order valence-electron chi connectivity index (χ0n) is 17.9. The summed E-state index contributed by atoms with van der Waals surface area (Å²) in [6.45, 7) is 14.2. The Labute approximate surface area is 163 Å². The van der Waals surface area contributed by atoms with Gasteiger partial charge in [0.25, 0.3) is 0 Å². The maximum atomic E-state index is 3.95. The van der Waals surface area contributed by atoms with Gasteiger partial charge < -0.3 is 0 Å². The fraction of sp³-hybridized carbons (Fsp3) is 0.846. The first-order valence-corrected chi connectivity index (χ1v) is 11.7. The van der Waals surface area contributed by atoms with E-state index >= 15 is 0 Å². The van der Waals surface area contributed by atoms with Gasteiger partial charge in [-0.05, 0) is 119 Å². The lowest BCUT2D eigenvalue weighted by atomic mass is 9.47. The Morgan fingerprint density at radius 1 is 0.923 bits per heavy atom. The first kappa shape index (κ1) is 20.2. The minimum atomic E-state index is 0.728. The number of rotatable bonds is 3. The molecule has 4 rings (SSSR count). The molecule has 0 bridgehead atoms. The molecule has 0 aliphatic heterocycles. The van der Waals surface area contributed by atoms with Crippen LogP contribution in [0.5, 0.6) is 0 Å². The molecule has 0 spiro atoms. The Balaban J connectivity index is 0.000000447. The fourth-order valence-electron chi connectivity index (χ4n) is 7.76. The molecule has 4 aliphatic rings. The Bertz CT molecular complexity index is 484. The van der Waals surface area contributed by atoms with E-state index in [1.54, 1.807) is 44.9 Å². The van der Waals surface area contributed by atoms with Crippen LogP contribution < -0.4 is 0 Å². The van der Waals surface area contributed by atoms with Crippen LogP contribution in [0.4, 0.5) is 0 Å². The van der Waals surface area contributed by atoms with Crippen LogP contribution in [0.3, 0.4) is 0 Å². The first-order valence-electron chi connectivity index (χ1n) is 11.7. The van der Waals surface area contributed by atoms with E-state index in [0.29, 0.717) is 0 Å². The molecular weight excluding hydrogens is 312 g/mol. The van der Waals surface area contributed by atoms with E-state index in [1.807, 2.05) is 13.8 Å². The fourth-order valence-corrected chi connectivity index (χ4v) is 7.76. The van der Waals surface area contributed by atoms with Crippen molar-refractivity contribution in [2.75, 3.05) is 0 Å². The molecule has 7 unspecified atom stereocenters. The van der Waals surface area contributed by atoms with E-state index in [1.165, 1.54) is 37.7 Å². The summed E-state index contributed by atoms with van der Waals surface area (Å²) in [7, 11) is 0.